The van der Waals surface area contributed by atoms with Crippen molar-refractivity contribution < 1.29 is 9.66 Å². The van der Waals surface area contributed by atoms with Gasteiger partial charge >= 0.3 is 5.69 Å². The lowest BCUT2D eigenvalue weighted by molar-refractivity contribution is -0.383. The van der Waals surface area contributed by atoms with Gasteiger partial charge in [0.15, 0.2) is 0 Å². The number of rotatable bonds is 5. The number of benzene rings is 1. The summed E-state index contributed by atoms with van der Waals surface area (Å²) in [4.78, 5) is 26.5. The highest BCUT2D eigenvalue weighted by Crippen LogP contribution is 2.34. The maximum absolute atomic E-state index is 11.7. The van der Waals surface area contributed by atoms with E-state index in [0.717, 1.165) is 32.7 Å². The number of piperazine rings is 1. The first-order valence-electron chi connectivity index (χ1n) is 10.6. The minimum atomic E-state index is -0.489. The molecule has 3 heterocycles. The van der Waals surface area contributed by atoms with Gasteiger partial charge < -0.3 is 20.3 Å². The summed E-state index contributed by atoms with van der Waals surface area (Å²) in [5.41, 5.74) is 7.10. The second kappa shape index (κ2) is 9.03. The summed E-state index contributed by atoms with van der Waals surface area (Å²) >= 11 is 0. The molecule has 0 aliphatic carbocycles. The maximum Gasteiger partial charge on any atom is 0.353 e. The molecule has 0 unspecified atom stereocenters. The van der Waals surface area contributed by atoms with Gasteiger partial charge in [0.1, 0.15) is 0 Å². The average molecular weight is 428 g/mol. The number of hydrogen-bond acceptors (Lipinski definition) is 9. The molecule has 2 fully saturated rings. The van der Waals surface area contributed by atoms with Crippen LogP contribution in [0.15, 0.2) is 30.3 Å². The highest BCUT2D eigenvalue weighted by atomic mass is 16.6. The molecule has 0 amide bonds. The Morgan fingerprint density at radius 3 is 2.32 bits per heavy atom. The Bertz CT molecular complexity index is 909. The van der Waals surface area contributed by atoms with E-state index in [0.29, 0.717) is 19.0 Å². The number of nitro groups is 1. The molecule has 0 radical (unpaired) electrons. The van der Waals surface area contributed by atoms with Crippen molar-refractivity contribution in [1.29, 1.82) is 0 Å². The van der Waals surface area contributed by atoms with Crippen molar-refractivity contribution in [2.45, 2.75) is 32.6 Å². The summed E-state index contributed by atoms with van der Waals surface area (Å²) < 4.78 is 5.77. The van der Waals surface area contributed by atoms with Crippen molar-refractivity contribution in [3.05, 3.63) is 46.0 Å². The molecule has 2 aromatic rings. The van der Waals surface area contributed by atoms with E-state index >= 15 is 0 Å². The van der Waals surface area contributed by atoms with Crippen LogP contribution in [-0.2, 0) is 11.3 Å². The predicted molar refractivity (Wildman–Crippen MR) is 119 cm³/mol. The Balaban J connectivity index is 1.52. The summed E-state index contributed by atoms with van der Waals surface area (Å²) in [6, 6.07) is 10.4. The molecule has 0 spiro atoms. The zero-order valence-electron chi connectivity index (χ0n) is 18.0. The van der Waals surface area contributed by atoms with Crippen LogP contribution < -0.4 is 15.5 Å². The van der Waals surface area contributed by atoms with Crippen molar-refractivity contribution in [3.8, 4) is 0 Å². The minimum Gasteiger partial charge on any atom is -0.378 e. The molecule has 4 rings (SSSR count). The lowest BCUT2D eigenvalue weighted by Gasteiger charge is -2.37. The Kier molecular flexibility index (Phi) is 6.19. The van der Waals surface area contributed by atoms with Crippen LogP contribution in [0, 0.1) is 10.1 Å². The van der Waals surface area contributed by atoms with Crippen LogP contribution in [0.4, 0.5) is 23.3 Å². The van der Waals surface area contributed by atoms with Gasteiger partial charge in [-0.3, -0.25) is 15.0 Å². The largest absolute Gasteiger partial charge is 0.378 e. The van der Waals surface area contributed by atoms with Crippen LogP contribution >= 0.6 is 0 Å². The van der Waals surface area contributed by atoms with Gasteiger partial charge in [-0.15, -0.1) is 0 Å². The second-order valence-electron chi connectivity index (χ2n) is 8.25. The van der Waals surface area contributed by atoms with Gasteiger partial charge in [0.25, 0.3) is 0 Å². The van der Waals surface area contributed by atoms with Crippen LogP contribution in [0.1, 0.15) is 19.4 Å². The van der Waals surface area contributed by atoms with E-state index in [-0.39, 0.29) is 29.5 Å². The quantitative estimate of drug-likeness (QED) is 0.564. The molecule has 2 saturated heterocycles. The molecule has 1 aromatic heterocycles. The molecule has 0 bridgehead atoms. The number of anilines is 3. The van der Waals surface area contributed by atoms with E-state index in [1.54, 1.807) is 0 Å². The molecule has 10 heteroatoms. The molecular weight excluding hydrogens is 398 g/mol. The number of nitrogens with two attached hydrogens (primary N) is 1. The maximum atomic E-state index is 11.7. The van der Waals surface area contributed by atoms with Gasteiger partial charge in [0, 0.05) is 45.8 Å². The molecule has 31 heavy (non-hydrogen) atoms. The van der Waals surface area contributed by atoms with E-state index in [9.17, 15) is 10.1 Å². The fourth-order valence-corrected chi connectivity index (χ4v) is 4.28. The Hall–Kier alpha value is -2.98. The number of ether oxygens (including phenoxy) is 1. The fraction of sp³-hybridized carbons (Fsp3) is 0.524. The van der Waals surface area contributed by atoms with Gasteiger partial charge in [0.2, 0.25) is 17.6 Å². The standard InChI is InChI=1S/C21H29N7O3/c1-15-12-27(13-16(2)31-15)20-18(28(29)30)19(22)23-21(24-20)26-10-8-25(9-11-26)14-17-6-4-3-5-7-17/h3-7,15-16H,8-14H2,1-2H3,(H2,22,23,24)/t15-,16-/m0/s1. The van der Waals surface area contributed by atoms with Gasteiger partial charge in [-0.05, 0) is 19.4 Å². The van der Waals surface area contributed by atoms with Crippen molar-refractivity contribution in [1.82, 2.24) is 14.9 Å². The van der Waals surface area contributed by atoms with Gasteiger partial charge in [0.05, 0.1) is 17.1 Å². The van der Waals surface area contributed by atoms with E-state index in [4.69, 9.17) is 10.5 Å². The summed E-state index contributed by atoms with van der Waals surface area (Å²) in [5.74, 6) is 0.633. The fourth-order valence-electron chi connectivity index (χ4n) is 4.28. The first-order valence-corrected chi connectivity index (χ1v) is 10.6. The molecular formula is C21H29N7O3. The summed E-state index contributed by atoms with van der Waals surface area (Å²) in [6.45, 7) is 9.02. The molecule has 2 aliphatic rings. The third-order valence-corrected chi connectivity index (χ3v) is 5.69. The minimum absolute atomic E-state index is 0.0514. The second-order valence-corrected chi connectivity index (χ2v) is 8.25. The number of hydrogen-bond donors (Lipinski definition) is 1. The van der Waals surface area contributed by atoms with Crippen LogP contribution in [-0.4, -0.2) is 71.3 Å². The number of nitrogens with zero attached hydrogens (tertiary/aromatic N) is 6. The Labute approximate surface area is 181 Å². The SMILES string of the molecule is C[C@H]1CN(c2nc(N3CCN(Cc4ccccc4)CC3)nc(N)c2[N+](=O)[O-])C[C@H](C)O1. The highest BCUT2D eigenvalue weighted by Gasteiger charge is 2.33. The van der Waals surface area contributed by atoms with Gasteiger partial charge in [-0.1, -0.05) is 30.3 Å². The molecule has 10 nitrogen and oxygen atoms in total. The van der Waals surface area contributed by atoms with E-state index in [2.05, 4.69) is 31.9 Å². The van der Waals surface area contributed by atoms with Crippen molar-refractivity contribution in [2.75, 3.05) is 54.8 Å². The van der Waals surface area contributed by atoms with Crippen LogP contribution in [0.2, 0.25) is 0 Å². The zero-order chi connectivity index (χ0) is 22.0. The van der Waals surface area contributed by atoms with E-state index in [1.165, 1.54) is 5.56 Å². The number of aromatic nitrogens is 2. The molecule has 1 aromatic carbocycles. The zero-order valence-corrected chi connectivity index (χ0v) is 18.0. The Morgan fingerprint density at radius 1 is 1.06 bits per heavy atom. The topological polar surface area (TPSA) is 114 Å². The lowest BCUT2D eigenvalue weighted by Crippen LogP contribution is -2.48. The van der Waals surface area contributed by atoms with Gasteiger partial charge in [-0.2, -0.15) is 9.97 Å². The summed E-state index contributed by atoms with van der Waals surface area (Å²) in [5, 5.41) is 11.7. The molecule has 2 atom stereocenters. The van der Waals surface area contributed by atoms with Crippen LogP contribution in [0.25, 0.3) is 0 Å². The molecule has 166 valence electrons. The first-order chi connectivity index (χ1) is 14.9. The number of nitrogen functional groups attached to an aromatic ring is 1. The van der Waals surface area contributed by atoms with Crippen LogP contribution in [0.5, 0.6) is 0 Å². The lowest BCUT2D eigenvalue weighted by atomic mass is 10.2. The highest BCUT2D eigenvalue weighted by molar-refractivity contribution is 5.71. The van der Waals surface area contributed by atoms with Crippen molar-refractivity contribution in [3.63, 3.8) is 0 Å². The summed E-state index contributed by atoms with van der Waals surface area (Å²) in [6.07, 6.45) is -0.103. The van der Waals surface area contributed by atoms with Crippen molar-refractivity contribution >= 4 is 23.3 Å². The Morgan fingerprint density at radius 2 is 1.71 bits per heavy atom. The third-order valence-electron chi connectivity index (χ3n) is 5.69. The predicted octanol–water partition coefficient (Wildman–Crippen LogP) is 1.90. The third kappa shape index (κ3) is 4.86. The molecule has 0 saturated carbocycles. The monoisotopic (exact) mass is 427 g/mol. The summed E-state index contributed by atoms with van der Waals surface area (Å²) in [7, 11) is 0. The average Bonchev–Trinajstić information content (AvgIpc) is 2.73. The van der Waals surface area contributed by atoms with E-state index < -0.39 is 4.92 Å². The van der Waals surface area contributed by atoms with E-state index in [1.807, 2.05) is 36.9 Å². The normalized spacial score (nSPS) is 22.5. The number of morpholine rings is 1. The molecule has 2 aliphatic heterocycles. The van der Waals surface area contributed by atoms with Crippen LogP contribution in [0.3, 0.4) is 0 Å². The van der Waals surface area contributed by atoms with Gasteiger partial charge in [-0.25, -0.2) is 0 Å². The smallest absolute Gasteiger partial charge is 0.353 e. The first kappa shape index (κ1) is 21.3. The van der Waals surface area contributed by atoms with Crippen molar-refractivity contribution in [2.24, 2.45) is 0 Å². The molecule has 2 N–H and O–H groups in total.